The van der Waals surface area contributed by atoms with Crippen LogP contribution in [0.5, 0.6) is 0 Å². The number of quaternary nitrogens is 1. The molecule has 0 aliphatic carbocycles. The highest BCUT2D eigenvalue weighted by Crippen LogP contribution is 2.14. The predicted molar refractivity (Wildman–Crippen MR) is 238 cm³/mol. The SMILES string of the molecule is CCCCCCCC/C=C/C/C=C/CCC(=O)OC(COCCC(C(=O)O)[N+](C)(C)C)COC(=O)CCCCCCCCC/C=C/CCCCCCCCCCC. The van der Waals surface area contributed by atoms with Gasteiger partial charge in [-0.1, -0.05) is 166 Å². The number of hydrogen-bond acceptors (Lipinski definition) is 6. The monoisotopic (exact) mass is 805 g/mol. The number of carbonyl (C=O) groups is 3. The highest BCUT2D eigenvalue weighted by molar-refractivity contribution is 5.72. The lowest BCUT2D eigenvalue weighted by atomic mass is 10.1. The quantitative estimate of drug-likeness (QED) is 0.0284. The van der Waals surface area contributed by atoms with Gasteiger partial charge in [-0.25, -0.2) is 4.79 Å². The van der Waals surface area contributed by atoms with E-state index in [0.29, 0.717) is 19.3 Å². The number of nitrogens with zero attached hydrogens (tertiary/aromatic N) is 1. The minimum absolute atomic E-state index is 0.0385. The molecule has 0 fully saturated rings. The summed E-state index contributed by atoms with van der Waals surface area (Å²) in [5, 5.41) is 9.62. The molecule has 0 aliphatic rings. The van der Waals surface area contributed by atoms with Crippen molar-refractivity contribution in [2.75, 3.05) is 41.0 Å². The van der Waals surface area contributed by atoms with Gasteiger partial charge in [0.1, 0.15) is 6.61 Å². The molecule has 0 aromatic carbocycles. The normalized spacial score (nSPS) is 13.2. The van der Waals surface area contributed by atoms with E-state index in [1.165, 1.54) is 135 Å². The number of esters is 2. The number of rotatable bonds is 42. The van der Waals surface area contributed by atoms with Crippen molar-refractivity contribution in [3.05, 3.63) is 36.5 Å². The summed E-state index contributed by atoms with van der Waals surface area (Å²) in [6, 6.07) is -0.623. The number of likely N-dealkylation sites (N-methyl/N-ethyl adjacent to an activating group) is 1. The topological polar surface area (TPSA) is 99.1 Å². The second-order valence-electron chi connectivity index (χ2n) is 17.0. The fourth-order valence-corrected chi connectivity index (χ4v) is 6.85. The molecule has 1 N–H and O–H groups in total. The first-order valence-electron chi connectivity index (χ1n) is 23.5. The standard InChI is InChI=1S/C49H89NO7/c1-6-8-10-12-14-16-18-20-21-22-23-24-25-26-28-29-31-33-35-37-39-47(51)56-44-45(43-55-42-41-46(49(53)54)50(3,4)5)57-48(52)40-38-36-34-32-30-27-19-17-15-13-11-9-7-2/h23-24,27,30,34,36,45-46H,6-22,25-26,28-29,31-33,35,37-44H2,1-5H3/p+1/b24-23+,30-27+,36-34+. The molecule has 0 saturated carbocycles. The second kappa shape index (κ2) is 40.3. The molecule has 0 aromatic heterocycles. The first-order chi connectivity index (χ1) is 27.6. The highest BCUT2D eigenvalue weighted by Gasteiger charge is 2.31. The van der Waals surface area contributed by atoms with Gasteiger partial charge in [-0.15, -0.1) is 0 Å². The third-order valence-corrected chi connectivity index (χ3v) is 10.5. The minimum atomic E-state index is -0.883. The lowest BCUT2D eigenvalue weighted by Gasteiger charge is -2.31. The van der Waals surface area contributed by atoms with E-state index < -0.39 is 18.1 Å². The van der Waals surface area contributed by atoms with E-state index in [0.717, 1.165) is 32.1 Å². The van der Waals surface area contributed by atoms with Gasteiger partial charge in [0.2, 0.25) is 0 Å². The first-order valence-corrected chi connectivity index (χ1v) is 23.5. The van der Waals surface area contributed by atoms with Gasteiger partial charge < -0.3 is 23.8 Å². The average Bonchev–Trinajstić information content (AvgIpc) is 3.17. The molecule has 2 atom stereocenters. The summed E-state index contributed by atoms with van der Waals surface area (Å²) < 4.78 is 17.2. The molecule has 0 saturated heterocycles. The summed E-state index contributed by atoms with van der Waals surface area (Å²) in [6.45, 7) is 4.67. The van der Waals surface area contributed by atoms with E-state index in [1.807, 2.05) is 27.2 Å². The molecule has 2 unspecified atom stereocenters. The molecule has 0 aliphatic heterocycles. The van der Waals surface area contributed by atoms with Crippen LogP contribution in [-0.2, 0) is 28.6 Å². The number of aliphatic carboxylic acids is 1. The molecular formula is C49H90NO7+. The van der Waals surface area contributed by atoms with Crippen LogP contribution < -0.4 is 0 Å². The van der Waals surface area contributed by atoms with Crippen molar-refractivity contribution in [2.24, 2.45) is 0 Å². The van der Waals surface area contributed by atoms with Gasteiger partial charge in [0.15, 0.2) is 12.1 Å². The van der Waals surface area contributed by atoms with E-state index in [2.05, 4.69) is 44.2 Å². The van der Waals surface area contributed by atoms with Crippen molar-refractivity contribution < 1.29 is 38.2 Å². The average molecular weight is 805 g/mol. The van der Waals surface area contributed by atoms with Crippen molar-refractivity contribution in [2.45, 2.75) is 219 Å². The number of ether oxygens (including phenoxy) is 3. The van der Waals surface area contributed by atoms with Crippen molar-refractivity contribution in [1.82, 2.24) is 0 Å². The van der Waals surface area contributed by atoms with Gasteiger partial charge in [-0.3, -0.25) is 9.59 Å². The summed E-state index contributed by atoms with van der Waals surface area (Å²) in [7, 11) is 5.51. The Morgan fingerprint density at radius 2 is 0.965 bits per heavy atom. The summed E-state index contributed by atoms with van der Waals surface area (Å²) in [6.07, 6.45) is 46.4. The highest BCUT2D eigenvalue weighted by atomic mass is 16.6. The number of allylic oxidation sites excluding steroid dienone is 6. The van der Waals surface area contributed by atoms with Crippen LogP contribution in [0.15, 0.2) is 36.5 Å². The van der Waals surface area contributed by atoms with Gasteiger partial charge in [0.25, 0.3) is 0 Å². The van der Waals surface area contributed by atoms with Crippen LogP contribution in [0.2, 0.25) is 0 Å². The zero-order valence-corrected chi connectivity index (χ0v) is 37.8. The maximum Gasteiger partial charge on any atom is 0.362 e. The number of carboxylic acid groups (broad SMARTS) is 1. The lowest BCUT2D eigenvalue weighted by Crippen LogP contribution is -2.50. The zero-order valence-electron chi connectivity index (χ0n) is 37.8. The maximum absolute atomic E-state index is 12.7. The molecule has 332 valence electrons. The Hall–Kier alpha value is -2.45. The van der Waals surface area contributed by atoms with Gasteiger partial charge in [0.05, 0.1) is 34.4 Å². The molecular weight excluding hydrogens is 715 g/mol. The van der Waals surface area contributed by atoms with Gasteiger partial charge in [-0.2, -0.15) is 0 Å². The zero-order chi connectivity index (χ0) is 42.1. The van der Waals surface area contributed by atoms with Crippen molar-refractivity contribution in [1.29, 1.82) is 0 Å². The van der Waals surface area contributed by atoms with Crippen molar-refractivity contribution >= 4 is 17.9 Å². The van der Waals surface area contributed by atoms with E-state index >= 15 is 0 Å². The molecule has 8 nitrogen and oxygen atoms in total. The van der Waals surface area contributed by atoms with Gasteiger partial charge >= 0.3 is 17.9 Å². The van der Waals surface area contributed by atoms with E-state index in [9.17, 15) is 19.5 Å². The fourth-order valence-electron chi connectivity index (χ4n) is 6.85. The summed E-state index contributed by atoms with van der Waals surface area (Å²) >= 11 is 0. The van der Waals surface area contributed by atoms with Crippen LogP contribution >= 0.6 is 0 Å². The van der Waals surface area contributed by atoms with Crippen LogP contribution in [0.1, 0.15) is 206 Å². The third-order valence-electron chi connectivity index (χ3n) is 10.5. The lowest BCUT2D eigenvalue weighted by molar-refractivity contribution is -0.887. The van der Waals surface area contributed by atoms with Crippen LogP contribution in [-0.4, -0.2) is 80.6 Å². The Kier molecular flexibility index (Phi) is 38.6. The Morgan fingerprint density at radius 1 is 0.526 bits per heavy atom. The van der Waals surface area contributed by atoms with Crippen LogP contribution in [0.4, 0.5) is 0 Å². The smallest absolute Gasteiger partial charge is 0.362 e. The number of carboxylic acids is 1. The molecule has 0 bridgehead atoms. The molecule has 0 rings (SSSR count). The van der Waals surface area contributed by atoms with E-state index in [-0.39, 0.29) is 42.7 Å². The Morgan fingerprint density at radius 3 is 1.44 bits per heavy atom. The molecule has 0 aromatic rings. The number of carbonyl (C=O) groups excluding carboxylic acids is 2. The maximum atomic E-state index is 12.7. The molecule has 0 radical (unpaired) electrons. The molecule has 8 heteroatoms. The third kappa shape index (κ3) is 38.8. The largest absolute Gasteiger partial charge is 0.477 e. The Labute approximate surface area is 351 Å². The second-order valence-corrected chi connectivity index (χ2v) is 17.0. The Balaban J connectivity index is 4.31. The van der Waals surface area contributed by atoms with Gasteiger partial charge in [0, 0.05) is 19.3 Å². The number of unbranched alkanes of at least 4 members (excludes halogenated alkanes) is 22. The van der Waals surface area contributed by atoms with Crippen LogP contribution in [0.25, 0.3) is 0 Å². The molecule has 0 amide bonds. The van der Waals surface area contributed by atoms with Crippen molar-refractivity contribution in [3.63, 3.8) is 0 Å². The molecule has 0 heterocycles. The van der Waals surface area contributed by atoms with Gasteiger partial charge in [-0.05, 0) is 57.8 Å². The Bertz CT molecular complexity index is 1030. The summed E-state index contributed by atoms with van der Waals surface area (Å²) in [5.74, 6) is -1.55. The van der Waals surface area contributed by atoms with Crippen molar-refractivity contribution in [3.8, 4) is 0 Å². The number of hydrogen-bond donors (Lipinski definition) is 1. The summed E-state index contributed by atoms with van der Waals surface area (Å²) in [5.41, 5.74) is 0. The van der Waals surface area contributed by atoms with Crippen LogP contribution in [0.3, 0.4) is 0 Å². The first kappa shape index (κ1) is 54.6. The predicted octanol–water partition coefficient (Wildman–Crippen LogP) is 13.0. The van der Waals surface area contributed by atoms with E-state index in [1.54, 1.807) is 0 Å². The minimum Gasteiger partial charge on any atom is -0.477 e. The molecule has 57 heavy (non-hydrogen) atoms. The summed E-state index contributed by atoms with van der Waals surface area (Å²) in [4.78, 5) is 37.0. The van der Waals surface area contributed by atoms with E-state index in [4.69, 9.17) is 14.2 Å². The fraction of sp³-hybridized carbons (Fsp3) is 0.816. The molecule has 0 spiro atoms. The van der Waals surface area contributed by atoms with Crippen LogP contribution in [0, 0.1) is 0 Å².